The van der Waals surface area contributed by atoms with Crippen molar-refractivity contribution in [2.75, 3.05) is 0 Å². The van der Waals surface area contributed by atoms with Gasteiger partial charge < -0.3 is 0 Å². The molecular formula is Cl5CrMn. The summed E-state index contributed by atoms with van der Waals surface area (Å²) in [5, 5.41) is 0. The Morgan fingerprint density at radius 2 is 1.00 bits per heavy atom. The second-order valence-corrected chi connectivity index (χ2v) is 8.50. The Morgan fingerprint density at radius 3 is 1.00 bits per heavy atom. The summed E-state index contributed by atoms with van der Waals surface area (Å²) in [6.45, 7) is 0. The second-order valence-electron chi connectivity index (χ2n) is 0.229. The van der Waals surface area contributed by atoms with Gasteiger partial charge in [-0.25, -0.2) is 0 Å². The molecule has 0 atom stereocenters. The number of halogens is 5. The molecular weight excluding hydrogens is 284 g/mol. The normalized spacial score (nSPS) is 7.71. The Hall–Kier alpha value is 2.50. The summed E-state index contributed by atoms with van der Waals surface area (Å²) in [5.41, 5.74) is 0. The molecule has 0 N–H and O–H groups in total. The van der Waals surface area contributed by atoms with Crippen LogP contribution < -0.4 is 0 Å². The first-order valence-electron chi connectivity index (χ1n) is 0.749. The standard InChI is InChI=1S/5ClH.Cr.Mn/h5*1H;;/q;;;;;+3;+2/p-5. The van der Waals surface area contributed by atoms with E-state index in [4.69, 9.17) is 50.3 Å². The fourth-order valence-corrected chi connectivity index (χ4v) is 0. The van der Waals surface area contributed by atoms with E-state index in [0.29, 0.717) is 0 Å². The second kappa shape index (κ2) is 11.3. The third-order valence-electron chi connectivity index (χ3n) is 0. The minimum absolute atomic E-state index is 0.00694. The third-order valence-corrected chi connectivity index (χ3v) is 0. The topological polar surface area (TPSA) is 0 Å². The Balaban J connectivity index is 0. The van der Waals surface area contributed by atoms with Gasteiger partial charge in [-0.2, -0.15) is 0 Å². The molecule has 0 aliphatic carbocycles. The van der Waals surface area contributed by atoms with Crippen LogP contribution in [0.4, 0.5) is 0 Å². The quantitative estimate of drug-likeness (QED) is 0.598. The van der Waals surface area contributed by atoms with Crippen molar-refractivity contribution in [1.29, 1.82) is 0 Å². The molecule has 48 valence electrons. The molecule has 0 amide bonds. The van der Waals surface area contributed by atoms with E-state index in [1.165, 1.54) is 0 Å². The van der Waals surface area contributed by atoms with Gasteiger partial charge >= 0.3 is 74.9 Å². The molecule has 0 bridgehead atoms. The van der Waals surface area contributed by atoms with Crippen LogP contribution in [0.5, 0.6) is 0 Å². The van der Waals surface area contributed by atoms with Crippen LogP contribution in [0.2, 0.25) is 0 Å². The van der Waals surface area contributed by atoms with Crippen molar-refractivity contribution >= 4 is 50.3 Å². The summed E-state index contributed by atoms with van der Waals surface area (Å²) < 4.78 is 0. The first kappa shape index (κ1) is 12.2. The van der Waals surface area contributed by atoms with Gasteiger partial charge in [-0.1, -0.05) is 0 Å². The van der Waals surface area contributed by atoms with E-state index in [-0.39, 0.29) is 13.1 Å². The fraction of sp³-hybridized carbons (Fsp3) is 0. The van der Waals surface area contributed by atoms with Gasteiger partial charge in [0.05, 0.1) is 0 Å². The summed E-state index contributed by atoms with van der Waals surface area (Å²) in [4.78, 5) is 0. The van der Waals surface area contributed by atoms with Crippen molar-refractivity contribution in [1.82, 2.24) is 0 Å². The van der Waals surface area contributed by atoms with E-state index in [0.717, 1.165) is 0 Å². The number of rotatable bonds is 0. The molecule has 0 unspecified atom stereocenters. The molecule has 0 saturated carbocycles. The van der Waals surface area contributed by atoms with Crippen LogP contribution in [0, 0.1) is 0 Å². The van der Waals surface area contributed by atoms with E-state index in [2.05, 4.69) is 0 Å². The van der Waals surface area contributed by atoms with Crippen molar-refractivity contribution in [3.8, 4) is 0 Å². The van der Waals surface area contributed by atoms with Crippen LogP contribution in [-0.4, -0.2) is 0 Å². The molecule has 0 rings (SSSR count). The van der Waals surface area contributed by atoms with Crippen molar-refractivity contribution in [2.24, 2.45) is 0 Å². The van der Waals surface area contributed by atoms with Gasteiger partial charge in [-0.15, -0.1) is 0 Å². The number of hydrogen-bond donors (Lipinski definition) is 0. The molecule has 7 heavy (non-hydrogen) atoms. The average molecular weight is 284 g/mol. The first-order valence-corrected chi connectivity index (χ1v) is 9.26. The van der Waals surface area contributed by atoms with Crippen molar-refractivity contribution in [3.05, 3.63) is 0 Å². The summed E-state index contributed by atoms with van der Waals surface area (Å²) in [7, 11) is 24.4. The monoisotopic (exact) mass is 282 g/mol. The van der Waals surface area contributed by atoms with E-state index in [9.17, 15) is 0 Å². The van der Waals surface area contributed by atoms with Crippen LogP contribution in [0.15, 0.2) is 0 Å². The van der Waals surface area contributed by atoms with Gasteiger partial charge in [-0.05, 0) is 0 Å². The maximum absolute atomic E-state index is 4.93. The molecule has 0 aromatic rings. The molecule has 0 heterocycles. The van der Waals surface area contributed by atoms with E-state index >= 15 is 0 Å². The summed E-state index contributed by atoms with van der Waals surface area (Å²) in [6, 6.07) is 0. The Kier molecular flexibility index (Phi) is 19.7. The molecule has 0 radical (unpaired) electrons. The van der Waals surface area contributed by atoms with Gasteiger partial charge in [0.1, 0.15) is 0 Å². The van der Waals surface area contributed by atoms with E-state index < -0.39 is 11.4 Å². The first-order chi connectivity index (χ1) is 3.15. The third kappa shape index (κ3) is 57.4. The Labute approximate surface area is 74.0 Å². The predicted octanol–water partition coefficient (Wildman–Crippen LogP) is 3.44. The predicted molar refractivity (Wildman–Crippen MR) is 29.3 cm³/mol. The average Bonchev–Trinajstić information content (AvgIpc) is 1.33. The number of hydrogen-bond acceptors (Lipinski definition) is 0. The molecule has 0 nitrogen and oxygen atoms in total. The Bertz CT molecular complexity index is 19.3. The zero-order chi connectivity index (χ0) is 6.28. The van der Waals surface area contributed by atoms with Gasteiger partial charge in [0.25, 0.3) is 0 Å². The molecule has 7 heteroatoms. The molecule has 0 aromatic heterocycles. The Morgan fingerprint density at radius 1 is 1.00 bits per heavy atom. The molecule has 0 spiro atoms. The fourth-order valence-electron chi connectivity index (χ4n) is 0. The van der Waals surface area contributed by atoms with Crippen LogP contribution in [-0.2, 0) is 24.5 Å². The SMILES string of the molecule is [Cl][Cr]([Cl])[Cl].[Cl][Mn][Cl]. The molecule has 0 aliphatic rings. The molecule has 0 fully saturated rings. The summed E-state index contributed by atoms with van der Waals surface area (Å²) >= 11 is -1.62. The van der Waals surface area contributed by atoms with Crippen molar-refractivity contribution in [2.45, 2.75) is 0 Å². The van der Waals surface area contributed by atoms with Crippen molar-refractivity contribution in [3.63, 3.8) is 0 Å². The van der Waals surface area contributed by atoms with Gasteiger partial charge in [0.2, 0.25) is 0 Å². The zero-order valence-corrected chi connectivity index (χ0v) is 8.91. The van der Waals surface area contributed by atoms with E-state index in [1.807, 2.05) is 0 Å². The van der Waals surface area contributed by atoms with Gasteiger partial charge in [0.15, 0.2) is 0 Å². The maximum atomic E-state index is 4.93. The summed E-state index contributed by atoms with van der Waals surface area (Å²) in [6.07, 6.45) is 0. The summed E-state index contributed by atoms with van der Waals surface area (Å²) in [5.74, 6) is 0. The molecule has 0 saturated heterocycles. The van der Waals surface area contributed by atoms with E-state index in [1.54, 1.807) is 0 Å². The van der Waals surface area contributed by atoms with Gasteiger partial charge in [-0.3, -0.25) is 0 Å². The van der Waals surface area contributed by atoms with Crippen LogP contribution in [0.25, 0.3) is 0 Å². The van der Waals surface area contributed by atoms with Crippen LogP contribution >= 0.6 is 50.3 Å². The van der Waals surface area contributed by atoms with Crippen LogP contribution in [0.1, 0.15) is 0 Å². The zero-order valence-electron chi connectivity index (χ0n) is 2.68. The molecule has 0 aliphatic heterocycles. The van der Waals surface area contributed by atoms with Crippen molar-refractivity contribution < 1.29 is 24.5 Å². The van der Waals surface area contributed by atoms with Gasteiger partial charge in [0, 0.05) is 0 Å². The minimum atomic E-state index is -1.62. The molecule has 0 aromatic carbocycles. The van der Waals surface area contributed by atoms with Crippen LogP contribution in [0.3, 0.4) is 0 Å².